The molecule has 0 bridgehead atoms. The van der Waals surface area contributed by atoms with Gasteiger partial charge in [0, 0.05) is 11.1 Å². The van der Waals surface area contributed by atoms with E-state index in [9.17, 15) is 0 Å². The van der Waals surface area contributed by atoms with Crippen molar-refractivity contribution in [1.82, 2.24) is 10.1 Å². The zero-order valence-electron chi connectivity index (χ0n) is 13.5. The van der Waals surface area contributed by atoms with Crippen LogP contribution in [0.3, 0.4) is 0 Å². The van der Waals surface area contributed by atoms with E-state index in [1.54, 1.807) is 7.11 Å². The van der Waals surface area contributed by atoms with Gasteiger partial charge in [-0.25, -0.2) is 0 Å². The van der Waals surface area contributed by atoms with E-state index in [1.165, 1.54) is 0 Å². The minimum Gasteiger partial charge on any atom is -0.496 e. The molecule has 1 heterocycles. The van der Waals surface area contributed by atoms with Crippen molar-refractivity contribution in [1.29, 1.82) is 0 Å². The number of rotatable bonds is 4. The highest BCUT2D eigenvalue weighted by molar-refractivity contribution is 5.58. The monoisotopic (exact) mass is 289 g/mol. The van der Waals surface area contributed by atoms with Gasteiger partial charge in [0.2, 0.25) is 11.7 Å². The summed E-state index contributed by atoms with van der Waals surface area (Å²) in [6.07, 6.45) is 0. The number of methoxy groups -OCH3 is 1. The largest absolute Gasteiger partial charge is 0.496 e. The molecule has 0 aliphatic heterocycles. The van der Waals surface area contributed by atoms with Gasteiger partial charge >= 0.3 is 0 Å². The van der Waals surface area contributed by atoms with Crippen LogP contribution in [0.1, 0.15) is 39.1 Å². The molecule has 0 aliphatic rings. The molecule has 0 atom stereocenters. The van der Waals surface area contributed by atoms with Crippen molar-refractivity contribution in [3.8, 4) is 17.1 Å². The molecule has 0 spiro atoms. The molecular weight excluding hydrogens is 266 g/mol. The highest BCUT2D eigenvalue weighted by atomic mass is 16.5. The van der Waals surface area contributed by atoms with E-state index in [1.807, 2.05) is 52.8 Å². The summed E-state index contributed by atoms with van der Waals surface area (Å²) in [6.45, 7) is 9.90. The lowest BCUT2D eigenvalue weighted by molar-refractivity contribution is 0.223. The molecule has 2 rings (SSSR count). The summed E-state index contributed by atoms with van der Waals surface area (Å²) in [5, 5.41) is 4.08. The molecule has 5 heteroatoms. The number of ether oxygens (including phenoxy) is 1. The zero-order valence-corrected chi connectivity index (χ0v) is 13.5. The molecule has 0 unspecified atom stereocenters. The first-order chi connectivity index (χ1) is 9.66. The van der Waals surface area contributed by atoms with Crippen LogP contribution in [-0.2, 0) is 5.41 Å². The summed E-state index contributed by atoms with van der Waals surface area (Å²) in [5.74, 6) is 1.94. The smallest absolute Gasteiger partial charge is 0.234 e. The molecule has 2 N–H and O–H groups in total. The van der Waals surface area contributed by atoms with Crippen molar-refractivity contribution in [2.24, 2.45) is 5.73 Å². The molecule has 1 aromatic heterocycles. The first-order valence-electron chi connectivity index (χ1n) is 6.95. The van der Waals surface area contributed by atoms with Crippen LogP contribution in [0.2, 0.25) is 0 Å². The normalized spacial score (nSPS) is 12.5. The van der Waals surface area contributed by atoms with Gasteiger partial charge in [-0.2, -0.15) is 4.98 Å². The molecular formula is C16H23N3O2. The van der Waals surface area contributed by atoms with Crippen molar-refractivity contribution in [2.45, 2.75) is 45.6 Å². The average Bonchev–Trinajstić information content (AvgIpc) is 2.87. The van der Waals surface area contributed by atoms with E-state index < -0.39 is 11.0 Å². The van der Waals surface area contributed by atoms with Crippen LogP contribution >= 0.6 is 0 Å². The molecule has 0 aliphatic carbocycles. The Morgan fingerprint density at radius 2 is 1.86 bits per heavy atom. The second-order valence-electron chi connectivity index (χ2n) is 6.45. The fraction of sp³-hybridized carbons (Fsp3) is 0.500. The Kier molecular flexibility index (Phi) is 3.80. The maximum Gasteiger partial charge on any atom is 0.234 e. The SMILES string of the molecule is COc1ccc(-c2noc(C(C)(C)C(C)(C)N)n2)cc1C. The summed E-state index contributed by atoms with van der Waals surface area (Å²) < 4.78 is 10.7. The maximum absolute atomic E-state index is 6.21. The van der Waals surface area contributed by atoms with Crippen LogP contribution < -0.4 is 10.5 Å². The van der Waals surface area contributed by atoms with Crippen LogP contribution in [0, 0.1) is 6.92 Å². The Balaban J connectivity index is 2.39. The number of hydrogen-bond donors (Lipinski definition) is 1. The van der Waals surface area contributed by atoms with Crippen LogP contribution in [0.5, 0.6) is 5.75 Å². The molecule has 0 amide bonds. The van der Waals surface area contributed by atoms with Gasteiger partial charge in [-0.3, -0.25) is 0 Å². The fourth-order valence-corrected chi connectivity index (χ4v) is 1.89. The lowest BCUT2D eigenvalue weighted by atomic mass is 9.75. The number of aromatic nitrogens is 2. The van der Waals surface area contributed by atoms with Crippen LogP contribution in [-0.4, -0.2) is 22.8 Å². The quantitative estimate of drug-likeness (QED) is 0.936. The molecule has 0 fully saturated rings. The van der Waals surface area contributed by atoms with Crippen molar-refractivity contribution < 1.29 is 9.26 Å². The lowest BCUT2D eigenvalue weighted by Gasteiger charge is -2.34. The number of hydrogen-bond acceptors (Lipinski definition) is 5. The van der Waals surface area contributed by atoms with Gasteiger partial charge in [0.25, 0.3) is 0 Å². The molecule has 0 saturated carbocycles. The molecule has 5 nitrogen and oxygen atoms in total. The summed E-state index contributed by atoms with van der Waals surface area (Å²) in [4.78, 5) is 4.52. The van der Waals surface area contributed by atoms with E-state index >= 15 is 0 Å². The number of benzene rings is 1. The third-order valence-electron chi connectivity index (χ3n) is 4.22. The third-order valence-corrected chi connectivity index (χ3v) is 4.22. The van der Waals surface area contributed by atoms with E-state index in [0.717, 1.165) is 16.9 Å². The number of nitrogens with zero attached hydrogens (tertiary/aromatic N) is 2. The second kappa shape index (κ2) is 5.15. The van der Waals surface area contributed by atoms with Gasteiger partial charge in [0.15, 0.2) is 0 Å². The van der Waals surface area contributed by atoms with E-state index in [-0.39, 0.29) is 0 Å². The van der Waals surface area contributed by atoms with Crippen LogP contribution in [0.25, 0.3) is 11.4 Å². The Morgan fingerprint density at radius 1 is 1.19 bits per heavy atom. The minimum atomic E-state index is -0.466. The molecule has 0 radical (unpaired) electrons. The third kappa shape index (κ3) is 2.78. The van der Waals surface area contributed by atoms with Crippen molar-refractivity contribution in [3.63, 3.8) is 0 Å². The first kappa shape index (κ1) is 15.5. The highest BCUT2D eigenvalue weighted by Gasteiger charge is 2.40. The molecule has 2 aromatic rings. The summed E-state index contributed by atoms with van der Waals surface area (Å²) >= 11 is 0. The van der Waals surface area contributed by atoms with Crippen LogP contribution in [0.4, 0.5) is 0 Å². The minimum absolute atomic E-state index is 0.417. The predicted octanol–water partition coefficient (Wildman–Crippen LogP) is 3.07. The van der Waals surface area contributed by atoms with Crippen molar-refractivity contribution in [3.05, 3.63) is 29.7 Å². The Labute approximate surface area is 125 Å². The van der Waals surface area contributed by atoms with Gasteiger partial charge in [-0.05, 0) is 58.4 Å². The van der Waals surface area contributed by atoms with E-state index in [0.29, 0.717) is 11.7 Å². The zero-order chi connectivity index (χ0) is 15.8. The topological polar surface area (TPSA) is 74.2 Å². The summed E-state index contributed by atoms with van der Waals surface area (Å²) in [6, 6.07) is 5.80. The van der Waals surface area contributed by atoms with Crippen molar-refractivity contribution >= 4 is 0 Å². The standard InChI is InChI=1S/C16H23N3O2/c1-10-9-11(7-8-12(10)20-6)13-18-14(21-19-13)15(2,3)16(4,5)17/h7-9H,17H2,1-6H3. The molecule has 0 saturated heterocycles. The Hall–Kier alpha value is -1.88. The van der Waals surface area contributed by atoms with Crippen molar-refractivity contribution in [2.75, 3.05) is 7.11 Å². The number of aryl methyl sites for hydroxylation is 1. The van der Waals surface area contributed by atoms with Gasteiger partial charge < -0.3 is 15.0 Å². The van der Waals surface area contributed by atoms with Gasteiger partial charge in [0.05, 0.1) is 12.5 Å². The maximum atomic E-state index is 6.21. The molecule has 114 valence electrons. The molecule has 21 heavy (non-hydrogen) atoms. The predicted molar refractivity (Wildman–Crippen MR) is 82.3 cm³/mol. The van der Waals surface area contributed by atoms with Crippen LogP contribution in [0.15, 0.2) is 22.7 Å². The van der Waals surface area contributed by atoms with E-state index in [2.05, 4.69) is 10.1 Å². The Bertz CT molecular complexity index is 639. The Morgan fingerprint density at radius 3 is 2.38 bits per heavy atom. The average molecular weight is 289 g/mol. The highest BCUT2D eigenvalue weighted by Crippen LogP contribution is 2.33. The van der Waals surface area contributed by atoms with Gasteiger partial charge in [-0.15, -0.1) is 0 Å². The van der Waals surface area contributed by atoms with Gasteiger partial charge in [0.1, 0.15) is 5.75 Å². The second-order valence-corrected chi connectivity index (χ2v) is 6.45. The summed E-state index contributed by atoms with van der Waals surface area (Å²) in [5.41, 5.74) is 7.25. The molecule has 1 aromatic carbocycles. The summed E-state index contributed by atoms with van der Waals surface area (Å²) in [7, 11) is 1.65. The number of nitrogens with two attached hydrogens (primary N) is 1. The lowest BCUT2D eigenvalue weighted by Crippen LogP contribution is -2.50. The first-order valence-corrected chi connectivity index (χ1v) is 6.95. The van der Waals surface area contributed by atoms with Gasteiger partial charge in [-0.1, -0.05) is 5.16 Å². The fourth-order valence-electron chi connectivity index (χ4n) is 1.89. The van der Waals surface area contributed by atoms with E-state index in [4.69, 9.17) is 15.0 Å².